The molecule has 1 N–H and O–H groups in total. The summed E-state index contributed by atoms with van der Waals surface area (Å²) in [6.45, 7) is 4.12. The summed E-state index contributed by atoms with van der Waals surface area (Å²) in [4.78, 5) is 18.5. The number of benzene rings is 1. The van der Waals surface area contributed by atoms with Crippen LogP contribution in [0.2, 0.25) is 0 Å². The summed E-state index contributed by atoms with van der Waals surface area (Å²) in [5.41, 5.74) is 0.0865. The van der Waals surface area contributed by atoms with Gasteiger partial charge in [0.05, 0.1) is 6.54 Å². The molecule has 0 bridgehead atoms. The lowest BCUT2D eigenvalue weighted by atomic mass is 9.90. The maximum atomic E-state index is 13.4. The highest BCUT2D eigenvalue weighted by molar-refractivity contribution is 5.93. The molecule has 2 atom stereocenters. The number of piperidine rings is 1. The monoisotopic (exact) mass is 344 g/mol. The highest BCUT2D eigenvalue weighted by atomic mass is 19.1. The molecule has 1 fully saturated rings. The maximum Gasteiger partial charge on any atom is 0.272 e. The van der Waals surface area contributed by atoms with E-state index >= 15 is 0 Å². The lowest BCUT2D eigenvalue weighted by molar-refractivity contribution is -0.0882. The molecule has 0 unspecified atom stereocenters. The maximum absolute atomic E-state index is 13.4. The number of carbonyl (C=O) groups excluding carboxylic acids is 1. The molecule has 0 aliphatic carbocycles. The van der Waals surface area contributed by atoms with Gasteiger partial charge >= 0.3 is 0 Å². The molecule has 3 rings (SSSR count). The SMILES string of the molecule is Cc1cccnc1C(=O)N1CC[C@@](C)(O)[C@H](Oc2cccc(F)c2)C1. The van der Waals surface area contributed by atoms with Crippen molar-refractivity contribution in [3.05, 3.63) is 59.7 Å². The normalized spacial score (nSPS) is 23.4. The minimum Gasteiger partial charge on any atom is -0.485 e. The standard InChI is InChI=1S/C19H21FN2O3/c1-13-5-4-9-21-17(13)18(23)22-10-8-19(2,24)16(12-22)25-15-7-3-6-14(20)11-15/h3-7,9,11,16,24H,8,10,12H2,1-2H3/t16-,19-/m1/s1. The molecular weight excluding hydrogens is 323 g/mol. The van der Waals surface area contributed by atoms with Gasteiger partial charge in [0.15, 0.2) is 0 Å². The second-order valence-electron chi connectivity index (χ2n) is 6.59. The van der Waals surface area contributed by atoms with Gasteiger partial charge in [-0.25, -0.2) is 4.39 Å². The van der Waals surface area contributed by atoms with Crippen LogP contribution in [0.3, 0.4) is 0 Å². The van der Waals surface area contributed by atoms with E-state index in [-0.39, 0.29) is 12.5 Å². The zero-order valence-corrected chi connectivity index (χ0v) is 14.3. The number of ether oxygens (including phenoxy) is 1. The first kappa shape index (κ1) is 17.4. The Hall–Kier alpha value is -2.47. The second kappa shape index (κ2) is 6.80. The largest absolute Gasteiger partial charge is 0.485 e. The minimum absolute atomic E-state index is 0.193. The fourth-order valence-electron chi connectivity index (χ4n) is 2.92. The van der Waals surface area contributed by atoms with Gasteiger partial charge in [0.1, 0.15) is 29.0 Å². The topological polar surface area (TPSA) is 62.7 Å². The molecule has 2 heterocycles. The molecule has 25 heavy (non-hydrogen) atoms. The Morgan fingerprint density at radius 1 is 1.40 bits per heavy atom. The average Bonchev–Trinajstić information content (AvgIpc) is 2.57. The molecule has 1 aliphatic heterocycles. The summed E-state index contributed by atoms with van der Waals surface area (Å²) in [5, 5.41) is 10.6. The van der Waals surface area contributed by atoms with Crippen molar-refractivity contribution in [1.29, 1.82) is 0 Å². The van der Waals surface area contributed by atoms with E-state index in [0.717, 1.165) is 5.56 Å². The highest BCUT2D eigenvalue weighted by Crippen LogP contribution is 2.28. The molecule has 0 saturated carbocycles. The summed E-state index contributed by atoms with van der Waals surface area (Å²) in [7, 11) is 0. The quantitative estimate of drug-likeness (QED) is 0.930. The van der Waals surface area contributed by atoms with E-state index in [1.54, 1.807) is 36.2 Å². The van der Waals surface area contributed by atoms with Crippen LogP contribution in [0, 0.1) is 12.7 Å². The third kappa shape index (κ3) is 3.79. The van der Waals surface area contributed by atoms with Crippen molar-refractivity contribution < 1.29 is 19.0 Å². The number of aryl methyl sites for hydroxylation is 1. The molecule has 1 aromatic heterocycles. The number of hydrogen-bond donors (Lipinski definition) is 1. The van der Waals surface area contributed by atoms with Crippen LogP contribution >= 0.6 is 0 Å². The van der Waals surface area contributed by atoms with Crippen LogP contribution in [0.15, 0.2) is 42.6 Å². The first-order valence-electron chi connectivity index (χ1n) is 8.22. The summed E-state index contributed by atoms with van der Waals surface area (Å²) in [6, 6.07) is 9.38. The number of hydrogen-bond acceptors (Lipinski definition) is 4. The Bertz CT molecular complexity index is 779. The van der Waals surface area contributed by atoms with Crippen molar-refractivity contribution in [2.45, 2.75) is 32.0 Å². The van der Waals surface area contributed by atoms with Crippen LogP contribution < -0.4 is 4.74 Å². The molecule has 2 aromatic rings. The zero-order chi connectivity index (χ0) is 18.0. The number of amides is 1. The molecule has 1 saturated heterocycles. The van der Waals surface area contributed by atoms with Crippen LogP contribution in [0.5, 0.6) is 5.75 Å². The van der Waals surface area contributed by atoms with E-state index in [9.17, 15) is 14.3 Å². The predicted molar refractivity (Wildman–Crippen MR) is 90.9 cm³/mol. The number of nitrogens with zero attached hydrogens (tertiary/aromatic N) is 2. The lowest BCUT2D eigenvalue weighted by Crippen LogP contribution is -2.57. The first-order chi connectivity index (χ1) is 11.9. The van der Waals surface area contributed by atoms with Crippen LogP contribution in [0.25, 0.3) is 0 Å². The molecule has 1 aromatic carbocycles. The smallest absolute Gasteiger partial charge is 0.272 e. The summed E-state index contributed by atoms with van der Waals surface area (Å²) >= 11 is 0. The Kier molecular flexibility index (Phi) is 4.72. The Balaban J connectivity index is 1.79. The van der Waals surface area contributed by atoms with E-state index in [4.69, 9.17) is 4.74 Å². The van der Waals surface area contributed by atoms with Crippen LogP contribution in [-0.2, 0) is 0 Å². The number of aromatic nitrogens is 1. The predicted octanol–water partition coefficient (Wildman–Crippen LogP) is 2.57. The van der Waals surface area contributed by atoms with Crippen molar-refractivity contribution in [3.63, 3.8) is 0 Å². The Labute approximate surface area is 146 Å². The van der Waals surface area contributed by atoms with E-state index in [1.807, 2.05) is 13.0 Å². The highest BCUT2D eigenvalue weighted by Gasteiger charge is 2.41. The third-order valence-electron chi connectivity index (χ3n) is 4.54. The number of halogens is 1. The Morgan fingerprint density at radius 2 is 2.20 bits per heavy atom. The number of rotatable bonds is 3. The molecule has 132 valence electrons. The summed E-state index contributed by atoms with van der Waals surface area (Å²) in [5.74, 6) is -0.278. The van der Waals surface area contributed by atoms with Crippen LogP contribution in [-0.4, -0.2) is 45.7 Å². The zero-order valence-electron chi connectivity index (χ0n) is 14.3. The minimum atomic E-state index is -1.11. The fraction of sp³-hybridized carbons (Fsp3) is 0.368. The summed E-state index contributed by atoms with van der Waals surface area (Å²) < 4.78 is 19.2. The second-order valence-corrected chi connectivity index (χ2v) is 6.59. The number of pyridine rings is 1. The lowest BCUT2D eigenvalue weighted by Gasteiger charge is -2.42. The fourth-order valence-corrected chi connectivity index (χ4v) is 2.92. The molecule has 0 radical (unpaired) electrons. The van der Waals surface area contributed by atoms with Crippen LogP contribution in [0.1, 0.15) is 29.4 Å². The molecular formula is C19H21FN2O3. The van der Waals surface area contributed by atoms with Gasteiger partial charge in [0.2, 0.25) is 0 Å². The van der Waals surface area contributed by atoms with Gasteiger partial charge in [0.25, 0.3) is 5.91 Å². The summed E-state index contributed by atoms with van der Waals surface area (Å²) in [6.07, 6.45) is 1.29. The molecule has 5 nitrogen and oxygen atoms in total. The molecule has 0 spiro atoms. The number of likely N-dealkylation sites (tertiary alicyclic amines) is 1. The van der Waals surface area contributed by atoms with Gasteiger partial charge in [-0.15, -0.1) is 0 Å². The molecule has 1 aliphatic rings. The molecule has 1 amide bonds. The van der Waals surface area contributed by atoms with Crippen LogP contribution in [0.4, 0.5) is 4.39 Å². The average molecular weight is 344 g/mol. The number of aliphatic hydroxyl groups is 1. The van der Waals surface area contributed by atoms with Gasteiger partial charge in [-0.3, -0.25) is 9.78 Å². The van der Waals surface area contributed by atoms with Crippen molar-refractivity contribution in [2.75, 3.05) is 13.1 Å². The number of carbonyl (C=O) groups is 1. The van der Waals surface area contributed by atoms with Crippen molar-refractivity contribution >= 4 is 5.91 Å². The Morgan fingerprint density at radius 3 is 2.92 bits per heavy atom. The first-order valence-corrected chi connectivity index (χ1v) is 8.22. The van der Waals surface area contributed by atoms with E-state index < -0.39 is 17.5 Å². The van der Waals surface area contributed by atoms with E-state index in [2.05, 4.69) is 4.98 Å². The van der Waals surface area contributed by atoms with Gasteiger partial charge in [0, 0.05) is 18.8 Å². The van der Waals surface area contributed by atoms with Gasteiger partial charge < -0.3 is 14.7 Å². The van der Waals surface area contributed by atoms with E-state index in [0.29, 0.717) is 24.4 Å². The van der Waals surface area contributed by atoms with Crippen molar-refractivity contribution in [1.82, 2.24) is 9.88 Å². The van der Waals surface area contributed by atoms with E-state index in [1.165, 1.54) is 12.1 Å². The van der Waals surface area contributed by atoms with Crippen molar-refractivity contribution in [3.8, 4) is 5.75 Å². The van der Waals surface area contributed by atoms with Gasteiger partial charge in [-0.2, -0.15) is 0 Å². The van der Waals surface area contributed by atoms with Gasteiger partial charge in [-0.05, 0) is 44.0 Å². The van der Waals surface area contributed by atoms with Gasteiger partial charge in [-0.1, -0.05) is 12.1 Å². The molecule has 6 heteroatoms. The third-order valence-corrected chi connectivity index (χ3v) is 4.54. The van der Waals surface area contributed by atoms with Crippen molar-refractivity contribution in [2.24, 2.45) is 0 Å².